The van der Waals surface area contributed by atoms with Crippen molar-refractivity contribution < 1.29 is 9.53 Å². The van der Waals surface area contributed by atoms with E-state index in [1.165, 1.54) is 0 Å². The highest BCUT2D eigenvalue weighted by Crippen LogP contribution is 1.93. The molecule has 2 amide bonds. The van der Waals surface area contributed by atoms with Crippen LogP contribution in [0, 0.1) is 0 Å². The first-order valence-corrected chi connectivity index (χ1v) is 5.67. The standard InChI is InChI=1S/C10H21N3O2/c1-2-3-4-12-10(14)13-8-9-7-11-5-6-15-9/h9,11H,2-8H2,1H3,(H2,12,13,14). The van der Waals surface area contributed by atoms with E-state index in [1.807, 2.05) is 0 Å². The van der Waals surface area contributed by atoms with Crippen LogP contribution in [0.25, 0.3) is 0 Å². The molecule has 0 radical (unpaired) electrons. The van der Waals surface area contributed by atoms with Crippen molar-refractivity contribution in [2.45, 2.75) is 25.9 Å². The molecular formula is C10H21N3O2. The molecule has 15 heavy (non-hydrogen) atoms. The van der Waals surface area contributed by atoms with E-state index in [9.17, 15) is 4.79 Å². The summed E-state index contributed by atoms with van der Waals surface area (Å²) in [6, 6.07) is -0.0994. The summed E-state index contributed by atoms with van der Waals surface area (Å²) in [6.07, 6.45) is 2.22. The van der Waals surface area contributed by atoms with Gasteiger partial charge in [-0.25, -0.2) is 4.79 Å². The molecule has 1 saturated heterocycles. The van der Waals surface area contributed by atoms with E-state index < -0.39 is 0 Å². The number of amides is 2. The van der Waals surface area contributed by atoms with E-state index in [1.54, 1.807) is 0 Å². The summed E-state index contributed by atoms with van der Waals surface area (Å²) in [5.41, 5.74) is 0. The lowest BCUT2D eigenvalue weighted by molar-refractivity contribution is 0.0307. The SMILES string of the molecule is CCCCNC(=O)NCC1CNCCO1. The topological polar surface area (TPSA) is 62.4 Å². The summed E-state index contributed by atoms with van der Waals surface area (Å²) in [5.74, 6) is 0. The highest BCUT2D eigenvalue weighted by molar-refractivity contribution is 5.73. The molecular weight excluding hydrogens is 194 g/mol. The first-order valence-electron chi connectivity index (χ1n) is 5.67. The Labute approximate surface area is 90.9 Å². The zero-order valence-corrected chi connectivity index (χ0v) is 9.34. The van der Waals surface area contributed by atoms with Crippen LogP contribution < -0.4 is 16.0 Å². The van der Waals surface area contributed by atoms with Gasteiger partial charge in [0.2, 0.25) is 0 Å². The first-order chi connectivity index (χ1) is 7.33. The maximum absolute atomic E-state index is 11.3. The van der Waals surface area contributed by atoms with Crippen molar-refractivity contribution >= 4 is 6.03 Å². The molecule has 0 spiro atoms. The first kappa shape index (κ1) is 12.3. The van der Waals surface area contributed by atoms with Crippen molar-refractivity contribution in [2.24, 2.45) is 0 Å². The van der Waals surface area contributed by atoms with Crippen LogP contribution in [0.4, 0.5) is 4.79 Å². The number of carbonyl (C=O) groups is 1. The zero-order valence-electron chi connectivity index (χ0n) is 9.34. The van der Waals surface area contributed by atoms with Crippen LogP contribution in [-0.4, -0.2) is 44.9 Å². The van der Waals surface area contributed by atoms with Crippen molar-refractivity contribution in [2.75, 3.05) is 32.8 Å². The Bertz CT molecular complexity index is 182. The lowest BCUT2D eigenvalue weighted by Gasteiger charge is -2.23. The minimum Gasteiger partial charge on any atom is -0.374 e. The molecule has 88 valence electrons. The quantitative estimate of drug-likeness (QED) is 0.569. The maximum Gasteiger partial charge on any atom is 0.314 e. The molecule has 5 heteroatoms. The van der Waals surface area contributed by atoms with Gasteiger partial charge in [-0.3, -0.25) is 0 Å². The Kier molecular flexibility index (Phi) is 6.11. The van der Waals surface area contributed by atoms with Gasteiger partial charge in [0.1, 0.15) is 0 Å². The van der Waals surface area contributed by atoms with Gasteiger partial charge in [0.25, 0.3) is 0 Å². The van der Waals surface area contributed by atoms with Crippen molar-refractivity contribution in [3.8, 4) is 0 Å². The number of hydrogen-bond donors (Lipinski definition) is 3. The van der Waals surface area contributed by atoms with Gasteiger partial charge >= 0.3 is 6.03 Å². The Balaban J connectivity index is 2.00. The fourth-order valence-corrected chi connectivity index (χ4v) is 1.40. The second-order valence-corrected chi connectivity index (χ2v) is 3.69. The molecule has 0 saturated carbocycles. The van der Waals surface area contributed by atoms with Gasteiger partial charge in [-0.05, 0) is 6.42 Å². The summed E-state index contributed by atoms with van der Waals surface area (Å²) in [6.45, 7) is 5.86. The number of urea groups is 1. The summed E-state index contributed by atoms with van der Waals surface area (Å²) in [5, 5.41) is 8.81. The van der Waals surface area contributed by atoms with Gasteiger partial charge in [0.15, 0.2) is 0 Å². The Morgan fingerprint density at radius 3 is 3.07 bits per heavy atom. The molecule has 1 atom stereocenters. The molecule has 1 aliphatic heterocycles. The number of carbonyl (C=O) groups excluding carboxylic acids is 1. The van der Waals surface area contributed by atoms with Crippen LogP contribution in [-0.2, 0) is 4.74 Å². The summed E-state index contributed by atoms with van der Waals surface area (Å²) in [7, 11) is 0. The van der Waals surface area contributed by atoms with E-state index in [0.717, 1.165) is 39.1 Å². The van der Waals surface area contributed by atoms with E-state index in [4.69, 9.17) is 4.74 Å². The highest BCUT2D eigenvalue weighted by Gasteiger charge is 2.13. The second-order valence-electron chi connectivity index (χ2n) is 3.69. The fraction of sp³-hybridized carbons (Fsp3) is 0.900. The smallest absolute Gasteiger partial charge is 0.314 e. The van der Waals surface area contributed by atoms with Crippen molar-refractivity contribution in [1.82, 2.24) is 16.0 Å². The van der Waals surface area contributed by atoms with E-state index >= 15 is 0 Å². The Morgan fingerprint density at radius 2 is 2.40 bits per heavy atom. The van der Waals surface area contributed by atoms with Gasteiger partial charge in [0, 0.05) is 26.2 Å². The van der Waals surface area contributed by atoms with Crippen LogP contribution in [0.15, 0.2) is 0 Å². The number of hydrogen-bond acceptors (Lipinski definition) is 3. The Hall–Kier alpha value is -0.810. The normalized spacial score (nSPS) is 21.0. The summed E-state index contributed by atoms with van der Waals surface area (Å²) in [4.78, 5) is 11.3. The van der Waals surface area contributed by atoms with Crippen LogP contribution in [0.2, 0.25) is 0 Å². The van der Waals surface area contributed by atoms with Crippen LogP contribution >= 0.6 is 0 Å². The van der Waals surface area contributed by atoms with Crippen LogP contribution in [0.5, 0.6) is 0 Å². The largest absolute Gasteiger partial charge is 0.374 e. The third-order valence-corrected chi connectivity index (χ3v) is 2.31. The molecule has 1 unspecified atom stereocenters. The molecule has 0 aromatic carbocycles. The predicted octanol–water partition coefficient (Wildman–Crippen LogP) is 0.0741. The molecule has 5 nitrogen and oxygen atoms in total. The van der Waals surface area contributed by atoms with Crippen molar-refractivity contribution in [3.63, 3.8) is 0 Å². The van der Waals surface area contributed by atoms with Crippen LogP contribution in [0.1, 0.15) is 19.8 Å². The lowest BCUT2D eigenvalue weighted by atomic mass is 10.3. The third-order valence-electron chi connectivity index (χ3n) is 2.31. The van der Waals surface area contributed by atoms with E-state index in [-0.39, 0.29) is 12.1 Å². The minimum atomic E-state index is -0.0994. The average Bonchev–Trinajstić information content (AvgIpc) is 2.28. The van der Waals surface area contributed by atoms with Crippen LogP contribution in [0.3, 0.4) is 0 Å². The second kappa shape index (κ2) is 7.48. The lowest BCUT2D eigenvalue weighted by Crippen LogP contribution is -2.47. The monoisotopic (exact) mass is 215 g/mol. The Morgan fingerprint density at radius 1 is 1.53 bits per heavy atom. The van der Waals surface area contributed by atoms with Gasteiger partial charge in [0.05, 0.1) is 12.7 Å². The van der Waals surface area contributed by atoms with Gasteiger partial charge in [-0.1, -0.05) is 13.3 Å². The predicted molar refractivity (Wildman–Crippen MR) is 58.9 cm³/mol. The number of nitrogens with one attached hydrogen (secondary N) is 3. The van der Waals surface area contributed by atoms with Gasteiger partial charge in [-0.2, -0.15) is 0 Å². The average molecular weight is 215 g/mol. The number of unbranched alkanes of at least 4 members (excludes halogenated alkanes) is 1. The highest BCUT2D eigenvalue weighted by atomic mass is 16.5. The molecule has 1 rings (SSSR count). The zero-order chi connectivity index (χ0) is 10.9. The minimum absolute atomic E-state index is 0.0994. The number of ether oxygens (including phenoxy) is 1. The molecule has 1 heterocycles. The molecule has 3 N–H and O–H groups in total. The maximum atomic E-state index is 11.3. The molecule has 1 aliphatic rings. The number of morpholine rings is 1. The summed E-state index contributed by atoms with van der Waals surface area (Å²) < 4.78 is 5.45. The summed E-state index contributed by atoms with van der Waals surface area (Å²) >= 11 is 0. The molecule has 0 bridgehead atoms. The van der Waals surface area contributed by atoms with Crippen molar-refractivity contribution in [1.29, 1.82) is 0 Å². The fourth-order valence-electron chi connectivity index (χ4n) is 1.40. The van der Waals surface area contributed by atoms with Gasteiger partial charge in [-0.15, -0.1) is 0 Å². The van der Waals surface area contributed by atoms with Gasteiger partial charge < -0.3 is 20.7 Å². The number of rotatable bonds is 5. The molecule has 1 fully saturated rings. The van der Waals surface area contributed by atoms with Crippen molar-refractivity contribution in [3.05, 3.63) is 0 Å². The third kappa shape index (κ3) is 5.59. The molecule has 0 aliphatic carbocycles. The van der Waals surface area contributed by atoms with E-state index in [0.29, 0.717) is 6.54 Å². The molecule has 0 aromatic heterocycles. The van der Waals surface area contributed by atoms with E-state index in [2.05, 4.69) is 22.9 Å². The molecule has 0 aromatic rings.